The summed E-state index contributed by atoms with van der Waals surface area (Å²) in [5.41, 5.74) is 2.93. The van der Waals surface area contributed by atoms with Crippen molar-refractivity contribution in [2.45, 2.75) is 0 Å². The molecule has 6 heteroatoms. The minimum Gasteiger partial charge on any atom is -0.317 e. The van der Waals surface area contributed by atoms with Crippen LogP contribution in [0, 0.1) is 0 Å². The molecule has 4 aromatic rings. The molecule has 22 heavy (non-hydrogen) atoms. The Hall–Kier alpha value is -2.86. The first kappa shape index (κ1) is 12.8. The van der Waals surface area contributed by atoms with Crippen molar-refractivity contribution in [3.63, 3.8) is 0 Å². The number of nitrogens with one attached hydrogen (secondary N) is 1. The summed E-state index contributed by atoms with van der Waals surface area (Å²) in [5, 5.41) is 10.1. The van der Waals surface area contributed by atoms with E-state index in [1.54, 1.807) is 6.20 Å². The highest BCUT2D eigenvalue weighted by Gasteiger charge is 2.12. The highest BCUT2D eigenvalue weighted by Crippen LogP contribution is 2.25. The molecule has 0 saturated carbocycles. The Morgan fingerprint density at radius 3 is 2.64 bits per heavy atom. The van der Waals surface area contributed by atoms with E-state index in [0.29, 0.717) is 22.4 Å². The average molecular weight is 306 g/mol. The minimum atomic E-state index is -0.222. The second-order valence-corrected chi connectivity index (χ2v) is 5.66. The van der Waals surface area contributed by atoms with Gasteiger partial charge >= 0.3 is 0 Å². The lowest BCUT2D eigenvalue weighted by Gasteiger charge is -2.05. The van der Waals surface area contributed by atoms with Crippen molar-refractivity contribution in [3.8, 4) is 21.8 Å². The average Bonchev–Trinajstić information content (AvgIpc) is 3.09. The fourth-order valence-electron chi connectivity index (χ4n) is 2.31. The molecule has 106 valence electrons. The Morgan fingerprint density at radius 1 is 1.00 bits per heavy atom. The predicted molar refractivity (Wildman–Crippen MR) is 86.7 cm³/mol. The molecular formula is C16H10N4OS. The third kappa shape index (κ3) is 2.10. The van der Waals surface area contributed by atoms with E-state index in [9.17, 15) is 4.79 Å². The third-order valence-corrected chi connectivity index (χ3v) is 4.19. The zero-order valence-corrected chi connectivity index (χ0v) is 12.2. The van der Waals surface area contributed by atoms with Crippen LogP contribution in [0.2, 0.25) is 0 Å². The van der Waals surface area contributed by atoms with Crippen LogP contribution in [0.3, 0.4) is 0 Å². The molecule has 1 aromatic carbocycles. The standard InChI is InChI=1S/C16H10N4OS/c21-16-15(12-7-4-8-22-12)18-11-9-17-20-13(14(11)19-16)10-5-2-1-3-6-10/h1-9H,(H,19,21). The molecule has 1 N–H and O–H groups in total. The van der Waals surface area contributed by atoms with Crippen molar-refractivity contribution >= 4 is 22.4 Å². The predicted octanol–water partition coefficient (Wildman–Crippen LogP) is 3.11. The van der Waals surface area contributed by atoms with Gasteiger partial charge in [0, 0.05) is 5.56 Å². The molecule has 5 nitrogen and oxygen atoms in total. The van der Waals surface area contributed by atoms with Gasteiger partial charge in [0.05, 0.1) is 16.6 Å². The maximum absolute atomic E-state index is 12.4. The van der Waals surface area contributed by atoms with Gasteiger partial charge in [0.15, 0.2) is 0 Å². The molecule has 0 aliphatic carbocycles. The summed E-state index contributed by atoms with van der Waals surface area (Å²) in [7, 11) is 0. The Morgan fingerprint density at radius 2 is 1.86 bits per heavy atom. The maximum atomic E-state index is 12.4. The molecule has 0 bridgehead atoms. The highest BCUT2D eigenvalue weighted by molar-refractivity contribution is 7.13. The zero-order valence-electron chi connectivity index (χ0n) is 11.4. The summed E-state index contributed by atoms with van der Waals surface area (Å²) in [6.07, 6.45) is 1.56. The highest BCUT2D eigenvalue weighted by atomic mass is 32.1. The summed E-state index contributed by atoms with van der Waals surface area (Å²) >= 11 is 1.48. The monoisotopic (exact) mass is 306 g/mol. The lowest BCUT2D eigenvalue weighted by atomic mass is 10.1. The van der Waals surface area contributed by atoms with Crippen LogP contribution in [0.25, 0.3) is 32.9 Å². The number of fused-ring (bicyclic) bond motifs is 1. The van der Waals surface area contributed by atoms with Gasteiger partial charge in [0.25, 0.3) is 5.56 Å². The van der Waals surface area contributed by atoms with E-state index in [-0.39, 0.29) is 5.56 Å². The molecule has 0 fully saturated rings. The van der Waals surface area contributed by atoms with Crippen molar-refractivity contribution < 1.29 is 0 Å². The van der Waals surface area contributed by atoms with Crippen molar-refractivity contribution in [1.29, 1.82) is 0 Å². The Bertz CT molecular complexity index is 994. The summed E-state index contributed by atoms with van der Waals surface area (Å²) in [5.74, 6) is 0. The van der Waals surface area contributed by atoms with Gasteiger partial charge in [-0.25, -0.2) is 4.98 Å². The molecule has 0 unspecified atom stereocenters. The van der Waals surface area contributed by atoms with E-state index < -0.39 is 0 Å². The Labute approximate surface area is 129 Å². The van der Waals surface area contributed by atoms with Gasteiger partial charge < -0.3 is 4.98 Å². The number of hydrogen-bond donors (Lipinski definition) is 1. The van der Waals surface area contributed by atoms with Crippen molar-refractivity contribution in [2.75, 3.05) is 0 Å². The number of aromatic amines is 1. The normalized spacial score (nSPS) is 10.9. The minimum absolute atomic E-state index is 0.222. The molecule has 0 aliphatic rings. The molecule has 0 atom stereocenters. The van der Waals surface area contributed by atoms with Gasteiger partial charge in [-0.05, 0) is 11.4 Å². The zero-order chi connectivity index (χ0) is 14.9. The van der Waals surface area contributed by atoms with Crippen molar-refractivity contribution in [3.05, 3.63) is 64.4 Å². The Balaban J connectivity index is 2.00. The number of rotatable bonds is 2. The second kappa shape index (κ2) is 5.16. The van der Waals surface area contributed by atoms with Crippen LogP contribution in [0.4, 0.5) is 0 Å². The van der Waals surface area contributed by atoms with Gasteiger partial charge in [-0.2, -0.15) is 5.10 Å². The molecule has 0 spiro atoms. The summed E-state index contributed by atoms with van der Waals surface area (Å²) in [4.78, 5) is 20.6. The summed E-state index contributed by atoms with van der Waals surface area (Å²) in [6, 6.07) is 13.4. The van der Waals surface area contributed by atoms with Gasteiger partial charge in [-0.3, -0.25) is 4.79 Å². The van der Waals surface area contributed by atoms with Crippen LogP contribution in [-0.4, -0.2) is 20.2 Å². The molecule has 0 saturated heterocycles. The summed E-state index contributed by atoms with van der Waals surface area (Å²) < 4.78 is 0. The Kier molecular flexibility index (Phi) is 3.01. The molecule has 3 heterocycles. The molecule has 3 aromatic heterocycles. The topological polar surface area (TPSA) is 71.5 Å². The van der Waals surface area contributed by atoms with E-state index in [1.165, 1.54) is 11.3 Å². The van der Waals surface area contributed by atoms with Crippen LogP contribution in [0.1, 0.15) is 0 Å². The first-order chi connectivity index (χ1) is 10.8. The quantitative estimate of drug-likeness (QED) is 0.617. The lowest BCUT2D eigenvalue weighted by Crippen LogP contribution is -2.12. The second-order valence-electron chi connectivity index (χ2n) is 4.71. The third-order valence-electron chi connectivity index (χ3n) is 3.32. The van der Waals surface area contributed by atoms with E-state index in [4.69, 9.17) is 0 Å². The molecule has 0 amide bonds. The number of benzene rings is 1. The smallest absolute Gasteiger partial charge is 0.275 e. The largest absolute Gasteiger partial charge is 0.317 e. The molecule has 0 radical (unpaired) electrons. The van der Waals surface area contributed by atoms with Crippen LogP contribution in [-0.2, 0) is 0 Å². The van der Waals surface area contributed by atoms with E-state index in [0.717, 1.165) is 10.4 Å². The number of thiophene rings is 1. The fraction of sp³-hybridized carbons (Fsp3) is 0. The fourth-order valence-corrected chi connectivity index (χ4v) is 3.02. The molecular weight excluding hydrogens is 296 g/mol. The SMILES string of the molecule is O=c1[nH]c2c(-c3ccccc3)nncc2nc1-c1cccs1. The van der Waals surface area contributed by atoms with E-state index in [1.807, 2.05) is 47.8 Å². The van der Waals surface area contributed by atoms with Crippen LogP contribution < -0.4 is 5.56 Å². The number of hydrogen-bond acceptors (Lipinski definition) is 5. The molecule has 0 aliphatic heterocycles. The van der Waals surface area contributed by atoms with Crippen molar-refractivity contribution in [2.24, 2.45) is 0 Å². The van der Waals surface area contributed by atoms with Crippen LogP contribution in [0.5, 0.6) is 0 Å². The first-order valence-corrected chi connectivity index (χ1v) is 7.56. The van der Waals surface area contributed by atoms with E-state index >= 15 is 0 Å². The number of H-pyrrole nitrogens is 1. The van der Waals surface area contributed by atoms with Crippen LogP contribution >= 0.6 is 11.3 Å². The van der Waals surface area contributed by atoms with Gasteiger partial charge in [0.1, 0.15) is 16.9 Å². The number of nitrogens with zero attached hydrogens (tertiary/aromatic N) is 3. The van der Waals surface area contributed by atoms with Gasteiger partial charge in [-0.15, -0.1) is 16.4 Å². The number of aromatic nitrogens is 4. The summed E-state index contributed by atoms with van der Waals surface area (Å²) in [6.45, 7) is 0. The lowest BCUT2D eigenvalue weighted by molar-refractivity contribution is 1.04. The maximum Gasteiger partial charge on any atom is 0.275 e. The van der Waals surface area contributed by atoms with E-state index in [2.05, 4.69) is 20.2 Å². The van der Waals surface area contributed by atoms with Crippen molar-refractivity contribution in [1.82, 2.24) is 20.2 Å². The van der Waals surface area contributed by atoms with Crippen LogP contribution in [0.15, 0.2) is 58.8 Å². The first-order valence-electron chi connectivity index (χ1n) is 6.68. The van der Waals surface area contributed by atoms with Gasteiger partial charge in [-0.1, -0.05) is 36.4 Å². The van der Waals surface area contributed by atoms with Gasteiger partial charge in [0.2, 0.25) is 0 Å². The molecule has 4 rings (SSSR count).